The van der Waals surface area contributed by atoms with Crippen LogP contribution in [-0.2, 0) is 21.4 Å². The summed E-state index contributed by atoms with van der Waals surface area (Å²) in [4.78, 5) is 16.3. The molecule has 0 spiro atoms. The highest BCUT2D eigenvalue weighted by atomic mass is 32.2. The van der Waals surface area contributed by atoms with Crippen molar-refractivity contribution in [1.29, 1.82) is 0 Å². The summed E-state index contributed by atoms with van der Waals surface area (Å²) in [7, 11) is -2.23. The van der Waals surface area contributed by atoms with Crippen molar-refractivity contribution >= 4 is 15.9 Å². The Hall–Kier alpha value is -2.45. The van der Waals surface area contributed by atoms with Crippen molar-refractivity contribution in [2.24, 2.45) is 0 Å². The van der Waals surface area contributed by atoms with Crippen molar-refractivity contribution in [3.8, 4) is 5.88 Å². The first-order chi connectivity index (χ1) is 11.8. The van der Waals surface area contributed by atoms with Crippen LogP contribution < -0.4 is 14.8 Å². The monoisotopic (exact) mass is 363 g/mol. The van der Waals surface area contributed by atoms with Crippen molar-refractivity contribution in [3.05, 3.63) is 53.7 Å². The fourth-order valence-corrected chi connectivity index (χ4v) is 3.25. The van der Waals surface area contributed by atoms with Gasteiger partial charge in [-0.2, -0.15) is 4.72 Å². The highest BCUT2D eigenvalue weighted by molar-refractivity contribution is 7.89. The van der Waals surface area contributed by atoms with Crippen LogP contribution in [0.5, 0.6) is 5.88 Å². The summed E-state index contributed by atoms with van der Waals surface area (Å²) in [6.07, 6.45) is 1.58. The van der Waals surface area contributed by atoms with Crippen LogP contribution in [0.2, 0.25) is 0 Å². The highest BCUT2D eigenvalue weighted by Gasteiger charge is 2.21. The maximum Gasteiger partial charge on any atom is 0.241 e. The molecule has 1 aromatic carbocycles. The zero-order valence-corrected chi connectivity index (χ0v) is 15.1. The minimum absolute atomic E-state index is 0.122. The number of pyridine rings is 1. The summed E-state index contributed by atoms with van der Waals surface area (Å²) in [5.41, 5.74) is 1.74. The Kier molecular flexibility index (Phi) is 6.11. The van der Waals surface area contributed by atoms with E-state index < -0.39 is 22.0 Å². The molecule has 2 aromatic rings. The minimum Gasteiger partial charge on any atom is -0.481 e. The molecule has 1 heterocycles. The first kappa shape index (κ1) is 18.9. The number of nitrogens with zero attached hydrogens (tertiary/aromatic N) is 1. The average molecular weight is 363 g/mol. The van der Waals surface area contributed by atoms with Crippen LogP contribution in [0.1, 0.15) is 18.1 Å². The SMILES string of the molecule is COc1ccc(CNC(=O)C(C)NS(=O)(=O)c2ccc(C)cc2)cn1. The van der Waals surface area contributed by atoms with Gasteiger partial charge in [-0.3, -0.25) is 4.79 Å². The van der Waals surface area contributed by atoms with E-state index in [4.69, 9.17) is 4.74 Å². The molecule has 2 N–H and O–H groups in total. The smallest absolute Gasteiger partial charge is 0.241 e. The number of methoxy groups -OCH3 is 1. The van der Waals surface area contributed by atoms with E-state index in [9.17, 15) is 13.2 Å². The Labute approximate surface area is 147 Å². The molecule has 0 fully saturated rings. The number of carbonyl (C=O) groups excluding carboxylic acids is 1. The number of hydrogen-bond acceptors (Lipinski definition) is 5. The van der Waals surface area contributed by atoms with E-state index in [1.807, 2.05) is 6.92 Å². The van der Waals surface area contributed by atoms with Crippen LogP contribution in [0.25, 0.3) is 0 Å². The van der Waals surface area contributed by atoms with E-state index in [0.717, 1.165) is 11.1 Å². The predicted molar refractivity (Wildman–Crippen MR) is 93.6 cm³/mol. The zero-order valence-electron chi connectivity index (χ0n) is 14.3. The maximum absolute atomic E-state index is 12.3. The van der Waals surface area contributed by atoms with E-state index in [2.05, 4.69) is 15.0 Å². The third-order valence-corrected chi connectivity index (χ3v) is 5.09. The molecular formula is C17H21N3O4S. The molecule has 0 aliphatic heterocycles. The molecule has 0 aliphatic carbocycles. The first-order valence-electron chi connectivity index (χ1n) is 7.67. The van der Waals surface area contributed by atoms with Gasteiger partial charge in [0.25, 0.3) is 0 Å². The molecule has 7 nitrogen and oxygen atoms in total. The van der Waals surface area contributed by atoms with Crippen LogP contribution in [-0.4, -0.2) is 32.5 Å². The second-order valence-electron chi connectivity index (χ2n) is 5.58. The lowest BCUT2D eigenvalue weighted by Gasteiger charge is -2.14. The number of benzene rings is 1. The van der Waals surface area contributed by atoms with Gasteiger partial charge >= 0.3 is 0 Å². The van der Waals surface area contributed by atoms with Crippen LogP contribution in [0.4, 0.5) is 0 Å². The molecule has 1 amide bonds. The average Bonchev–Trinajstić information content (AvgIpc) is 2.60. The zero-order chi connectivity index (χ0) is 18.4. The molecule has 1 unspecified atom stereocenters. The number of hydrogen-bond donors (Lipinski definition) is 2. The van der Waals surface area contributed by atoms with Gasteiger partial charge < -0.3 is 10.1 Å². The molecule has 2 rings (SSSR count). The standard InChI is InChI=1S/C17H21N3O4S/c1-12-4-7-15(8-5-12)25(22,23)20-13(2)17(21)19-11-14-6-9-16(24-3)18-10-14/h4-10,13,20H,11H2,1-3H3,(H,19,21). The lowest BCUT2D eigenvalue weighted by atomic mass is 10.2. The van der Waals surface area contributed by atoms with E-state index in [0.29, 0.717) is 5.88 Å². The number of aryl methyl sites for hydroxylation is 1. The van der Waals surface area contributed by atoms with Gasteiger partial charge in [-0.1, -0.05) is 23.8 Å². The van der Waals surface area contributed by atoms with Crippen molar-refractivity contribution in [2.75, 3.05) is 7.11 Å². The number of ether oxygens (including phenoxy) is 1. The fraction of sp³-hybridized carbons (Fsp3) is 0.294. The number of carbonyl (C=O) groups is 1. The molecule has 25 heavy (non-hydrogen) atoms. The van der Waals surface area contributed by atoms with Gasteiger partial charge in [0.1, 0.15) is 0 Å². The summed E-state index contributed by atoms with van der Waals surface area (Å²) < 4.78 is 31.9. The largest absolute Gasteiger partial charge is 0.481 e. The minimum atomic E-state index is -3.75. The molecular weight excluding hydrogens is 342 g/mol. The molecule has 1 atom stereocenters. The molecule has 134 valence electrons. The van der Waals surface area contributed by atoms with Crippen LogP contribution >= 0.6 is 0 Å². The second-order valence-corrected chi connectivity index (χ2v) is 7.30. The Morgan fingerprint density at radius 1 is 1.20 bits per heavy atom. The number of aromatic nitrogens is 1. The van der Waals surface area contributed by atoms with Gasteiger partial charge in [0.2, 0.25) is 21.8 Å². The molecule has 0 saturated carbocycles. The van der Waals surface area contributed by atoms with Crippen LogP contribution in [0.3, 0.4) is 0 Å². The third-order valence-electron chi connectivity index (χ3n) is 3.53. The van der Waals surface area contributed by atoms with Crippen molar-refractivity contribution in [3.63, 3.8) is 0 Å². The molecule has 0 saturated heterocycles. The summed E-state index contributed by atoms with van der Waals surface area (Å²) in [6.45, 7) is 3.60. The number of sulfonamides is 1. The molecule has 1 aromatic heterocycles. The van der Waals surface area contributed by atoms with E-state index in [1.165, 1.54) is 26.2 Å². The lowest BCUT2D eigenvalue weighted by molar-refractivity contribution is -0.122. The van der Waals surface area contributed by atoms with E-state index in [1.54, 1.807) is 30.5 Å². The maximum atomic E-state index is 12.3. The summed E-state index contributed by atoms with van der Waals surface area (Å²) in [5, 5.41) is 2.67. The number of nitrogens with one attached hydrogen (secondary N) is 2. The Morgan fingerprint density at radius 2 is 1.88 bits per heavy atom. The fourth-order valence-electron chi connectivity index (χ4n) is 2.05. The third kappa shape index (κ3) is 5.27. The first-order valence-corrected chi connectivity index (χ1v) is 9.16. The predicted octanol–water partition coefficient (Wildman–Crippen LogP) is 1.38. The van der Waals surface area contributed by atoms with E-state index >= 15 is 0 Å². The highest BCUT2D eigenvalue weighted by Crippen LogP contribution is 2.11. The second kappa shape index (κ2) is 8.09. The summed E-state index contributed by atoms with van der Waals surface area (Å²) >= 11 is 0. The quantitative estimate of drug-likeness (QED) is 0.775. The van der Waals surface area contributed by atoms with Crippen molar-refractivity contribution in [1.82, 2.24) is 15.0 Å². The molecule has 8 heteroatoms. The van der Waals surface area contributed by atoms with Crippen molar-refractivity contribution < 1.29 is 17.9 Å². The summed E-state index contributed by atoms with van der Waals surface area (Å²) in [6, 6.07) is 8.97. The van der Waals surface area contributed by atoms with Gasteiger partial charge in [0.15, 0.2) is 0 Å². The van der Waals surface area contributed by atoms with E-state index in [-0.39, 0.29) is 11.4 Å². The Balaban J connectivity index is 1.93. The van der Waals surface area contributed by atoms with Gasteiger partial charge in [0, 0.05) is 18.8 Å². The van der Waals surface area contributed by atoms with Gasteiger partial charge in [-0.15, -0.1) is 0 Å². The Bertz CT molecular complexity index is 818. The van der Waals surface area contributed by atoms with Crippen molar-refractivity contribution in [2.45, 2.75) is 31.3 Å². The topological polar surface area (TPSA) is 97.4 Å². The number of amides is 1. The van der Waals surface area contributed by atoms with Gasteiger partial charge in [0.05, 0.1) is 18.0 Å². The molecule has 0 bridgehead atoms. The normalized spacial score (nSPS) is 12.4. The Morgan fingerprint density at radius 3 is 2.44 bits per heavy atom. The lowest BCUT2D eigenvalue weighted by Crippen LogP contribution is -2.44. The molecule has 0 radical (unpaired) electrons. The van der Waals surface area contributed by atoms with Gasteiger partial charge in [-0.05, 0) is 31.5 Å². The van der Waals surface area contributed by atoms with Gasteiger partial charge in [-0.25, -0.2) is 13.4 Å². The number of rotatable bonds is 7. The van der Waals surface area contributed by atoms with Crippen LogP contribution in [0, 0.1) is 6.92 Å². The molecule has 0 aliphatic rings. The summed E-state index contributed by atoms with van der Waals surface area (Å²) in [5.74, 6) is 0.0563. The van der Waals surface area contributed by atoms with Crippen LogP contribution in [0.15, 0.2) is 47.5 Å².